The molecular formula is C13H9N5O2. The third kappa shape index (κ3) is 1.64. The highest BCUT2D eigenvalue weighted by atomic mass is 16.4. The molecule has 98 valence electrons. The van der Waals surface area contributed by atoms with Gasteiger partial charge in [-0.15, -0.1) is 0 Å². The summed E-state index contributed by atoms with van der Waals surface area (Å²) < 4.78 is 10.8. The molecule has 0 unspecified atom stereocenters. The van der Waals surface area contributed by atoms with Crippen LogP contribution in [0.25, 0.3) is 22.5 Å². The zero-order valence-corrected chi connectivity index (χ0v) is 10.2. The van der Waals surface area contributed by atoms with E-state index in [-0.39, 0.29) is 0 Å². The van der Waals surface area contributed by atoms with E-state index in [1.54, 1.807) is 18.9 Å². The fourth-order valence-corrected chi connectivity index (χ4v) is 2.00. The minimum Gasteiger partial charge on any atom is -0.464 e. The standard InChI is InChI=1S/C13H9N5O2/c1-2-9(19-4-1)8-3-5-20-13(8)18-12-10-11(15-6-14-10)16-7-17-12/h1-7H,(H2,14,15,16,17,18). The van der Waals surface area contributed by atoms with Gasteiger partial charge in [0.05, 0.1) is 24.4 Å². The molecule has 0 aliphatic rings. The number of nitrogens with one attached hydrogen (secondary N) is 2. The van der Waals surface area contributed by atoms with Gasteiger partial charge in [0, 0.05) is 0 Å². The van der Waals surface area contributed by atoms with Gasteiger partial charge < -0.3 is 19.1 Å². The number of fused-ring (bicyclic) bond motifs is 1. The van der Waals surface area contributed by atoms with Crippen molar-refractivity contribution < 1.29 is 8.83 Å². The SMILES string of the molecule is c1coc(-c2ccoc2Nc2ncnc3nc[nH]c23)c1. The molecule has 0 amide bonds. The Labute approximate surface area is 112 Å². The maximum Gasteiger partial charge on any atom is 0.209 e. The molecule has 0 saturated carbocycles. The largest absolute Gasteiger partial charge is 0.464 e. The van der Waals surface area contributed by atoms with Crippen LogP contribution in [-0.2, 0) is 0 Å². The summed E-state index contributed by atoms with van der Waals surface area (Å²) in [6, 6.07) is 5.51. The fraction of sp³-hybridized carbons (Fsp3) is 0. The molecule has 0 fully saturated rings. The molecule has 4 heterocycles. The second-order valence-electron chi connectivity index (χ2n) is 4.09. The fourth-order valence-electron chi connectivity index (χ4n) is 2.00. The van der Waals surface area contributed by atoms with E-state index in [9.17, 15) is 0 Å². The molecule has 0 bridgehead atoms. The van der Waals surface area contributed by atoms with E-state index in [0.29, 0.717) is 22.9 Å². The minimum absolute atomic E-state index is 0.551. The summed E-state index contributed by atoms with van der Waals surface area (Å²) >= 11 is 0. The normalized spacial score (nSPS) is 11.0. The van der Waals surface area contributed by atoms with Gasteiger partial charge in [-0.3, -0.25) is 0 Å². The number of imidazole rings is 1. The number of aromatic nitrogens is 4. The van der Waals surface area contributed by atoms with Gasteiger partial charge >= 0.3 is 0 Å². The molecule has 0 aliphatic heterocycles. The molecule has 7 heteroatoms. The summed E-state index contributed by atoms with van der Waals surface area (Å²) in [5.41, 5.74) is 2.13. The summed E-state index contributed by atoms with van der Waals surface area (Å²) in [4.78, 5) is 15.3. The van der Waals surface area contributed by atoms with E-state index < -0.39 is 0 Å². The molecule has 0 radical (unpaired) electrons. The number of furan rings is 2. The molecule has 20 heavy (non-hydrogen) atoms. The summed E-state index contributed by atoms with van der Waals surface area (Å²) in [6.45, 7) is 0. The Bertz CT molecular complexity index is 847. The lowest BCUT2D eigenvalue weighted by atomic mass is 10.2. The highest BCUT2D eigenvalue weighted by molar-refractivity contribution is 5.86. The van der Waals surface area contributed by atoms with E-state index in [1.165, 1.54) is 6.33 Å². The molecule has 7 nitrogen and oxygen atoms in total. The Hall–Kier alpha value is -3.09. The van der Waals surface area contributed by atoms with Gasteiger partial charge in [-0.25, -0.2) is 15.0 Å². The van der Waals surface area contributed by atoms with Crippen molar-refractivity contribution in [2.45, 2.75) is 0 Å². The minimum atomic E-state index is 0.551. The van der Waals surface area contributed by atoms with Crippen molar-refractivity contribution in [3.05, 3.63) is 43.4 Å². The first-order valence-electron chi connectivity index (χ1n) is 5.94. The van der Waals surface area contributed by atoms with Crippen molar-refractivity contribution >= 4 is 22.9 Å². The number of hydrogen-bond acceptors (Lipinski definition) is 6. The Balaban J connectivity index is 1.77. The van der Waals surface area contributed by atoms with Crippen LogP contribution in [0.15, 0.2) is 52.2 Å². The van der Waals surface area contributed by atoms with Crippen LogP contribution >= 0.6 is 0 Å². The average molecular weight is 267 g/mol. The first kappa shape index (κ1) is 10.8. The number of H-pyrrole nitrogens is 1. The second-order valence-corrected chi connectivity index (χ2v) is 4.09. The maximum absolute atomic E-state index is 5.45. The van der Waals surface area contributed by atoms with Gasteiger partial charge in [-0.2, -0.15) is 0 Å². The summed E-state index contributed by atoms with van der Waals surface area (Å²) in [5, 5.41) is 3.12. The van der Waals surface area contributed by atoms with E-state index in [2.05, 4.69) is 25.3 Å². The van der Waals surface area contributed by atoms with Gasteiger partial charge in [0.2, 0.25) is 5.88 Å². The summed E-state index contributed by atoms with van der Waals surface area (Å²) in [5.74, 6) is 1.86. The van der Waals surface area contributed by atoms with Crippen LogP contribution in [-0.4, -0.2) is 19.9 Å². The zero-order chi connectivity index (χ0) is 13.4. The Morgan fingerprint density at radius 2 is 2.05 bits per heavy atom. The van der Waals surface area contributed by atoms with E-state index in [0.717, 1.165) is 11.3 Å². The van der Waals surface area contributed by atoms with Crippen LogP contribution in [0.4, 0.5) is 11.7 Å². The first-order chi connectivity index (χ1) is 9.92. The zero-order valence-electron chi connectivity index (χ0n) is 10.2. The highest BCUT2D eigenvalue weighted by Gasteiger charge is 2.14. The third-order valence-corrected chi connectivity index (χ3v) is 2.91. The van der Waals surface area contributed by atoms with E-state index in [4.69, 9.17) is 8.83 Å². The van der Waals surface area contributed by atoms with Crippen molar-refractivity contribution in [3.63, 3.8) is 0 Å². The molecule has 0 aromatic carbocycles. The topological polar surface area (TPSA) is 92.8 Å². The predicted molar refractivity (Wildman–Crippen MR) is 71.4 cm³/mol. The highest BCUT2D eigenvalue weighted by Crippen LogP contribution is 2.32. The molecule has 4 rings (SSSR count). The molecule has 0 saturated heterocycles. The summed E-state index contributed by atoms with van der Waals surface area (Å²) in [7, 11) is 0. The van der Waals surface area contributed by atoms with Crippen LogP contribution in [0.1, 0.15) is 0 Å². The van der Waals surface area contributed by atoms with Crippen molar-refractivity contribution in [1.82, 2.24) is 19.9 Å². The third-order valence-electron chi connectivity index (χ3n) is 2.91. The Morgan fingerprint density at radius 1 is 1.05 bits per heavy atom. The molecule has 0 spiro atoms. The smallest absolute Gasteiger partial charge is 0.209 e. The van der Waals surface area contributed by atoms with Crippen LogP contribution in [0.2, 0.25) is 0 Å². The van der Waals surface area contributed by atoms with Gasteiger partial charge in [0.1, 0.15) is 17.6 Å². The number of rotatable bonds is 3. The quantitative estimate of drug-likeness (QED) is 0.592. The van der Waals surface area contributed by atoms with Crippen LogP contribution in [0.5, 0.6) is 0 Å². The van der Waals surface area contributed by atoms with Crippen molar-refractivity contribution in [2.75, 3.05) is 5.32 Å². The average Bonchev–Trinajstić information content (AvgIpc) is 3.20. The molecule has 2 N–H and O–H groups in total. The summed E-state index contributed by atoms with van der Waals surface area (Å²) in [6.07, 6.45) is 6.22. The van der Waals surface area contributed by atoms with E-state index >= 15 is 0 Å². The molecule has 4 aromatic rings. The lowest BCUT2D eigenvalue weighted by molar-refractivity contribution is 0.572. The number of nitrogens with zero attached hydrogens (tertiary/aromatic N) is 3. The number of aromatic amines is 1. The second kappa shape index (κ2) is 4.23. The Morgan fingerprint density at radius 3 is 2.95 bits per heavy atom. The molecule has 0 atom stereocenters. The Kier molecular flexibility index (Phi) is 2.28. The van der Waals surface area contributed by atoms with Crippen molar-refractivity contribution in [2.24, 2.45) is 0 Å². The first-order valence-corrected chi connectivity index (χ1v) is 5.94. The molecular weight excluding hydrogens is 258 g/mol. The number of anilines is 2. The van der Waals surface area contributed by atoms with Crippen LogP contribution in [0.3, 0.4) is 0 Å². The lowest BCUT2D eigenvalue weighted by Crippen LogP contribution is -1.95. The van der Waals surface area contributed by atoms with Gasteiger partial charge in [-0.1, -0.05) is 0 Å². The van der Waals surface area contributed by atoms with Crippen molar-refractivity contribution in [1.29, 1.82) is 0 Å². The van der Waals surface area contributed by atoms with Gasteiger partial charge in [-0.05, 0) is 18.2 Å². The molecule has 0 aliphatic carbocycles. The predicted octanol–water partition coefficient (Wildman–Crippen LogP) is 2.95. The number of hydrogen-bond donors (Lipinski definition) is 2. The van der Waals surface area contributed by atoms with E-state index in [1.807, 2.05) is 18.2 Å². The lowest BCUT2D eigenvalue weighted by Gasteiger charge is -2.04. The molecule has 4 aromatic heterocycles. The van der Waals surface area contributed by atoms with Crippen molar-refractivity contribution in [3.8, 4) is 11.3 Å². The van der Waals surface area contributed by atoms with Gasteiger partial charge in [0.25, 0.3) is 0 Å². The van der Waals surface area contributed by atoms with Crippen LogP contribution in [0, 0.1) is 0 Å². The van der Waals surface area contributed by atoms with Gasteiger partial charge in [0.15, 0.2) is 11.5 Å². The van der Waals surface area contributed by atoms with Crippen LogP contribution < -0.4 is 5.32 Å². The monoisotopic (exact) mass is 267 g/mol. The maximum atomic E-state index is 5.45.